The Morgan fingerprint density at radius 1 is 1.53 bits per heavy atom. The molecule has 0 bridgehead atoms. The first-order valence-corrected chi connectivity index (χ1v) is 5.13. The van der Waals surface area contributed by atoms with Crippen molar-refractivity contribution in [1.82, 2.24) is 10.2 Å². The van der Waals surface area contributed by atoms with E-state index in [-0.39, 0.29) is 15.2 Å². The van der Waals surface area contributed by atoms with Gasteiger partial charge < -0.3 is 10.2 Å². The van der Waals surface area contributed by atoms with E-state index in [0.29, 0.717) is 18.9 Å². The third-order valence-electron chi connectivity index (χ3n) is 1.90. The molecule has 0 saturated carbocycles. The number of allylic oxidation sites excluding steroid dienone is 1. The van der Waals surface area contributed by atoms with Gasteiger partial charge in [0.25, 0.3) is 0 Å². The predicted octanol–water partition coefficient (Wildman–Crippen LogP) is 1.85. The smallest absolute Gasteiger partial charge is 0.330 e. The molecule has 0 aromatic carbocycles. The first-order chi connectivity index (χ1) is 6.95. The van der Waals surface area contributed by atoms with Gasteiger partial charge in [0, 0.05) is 20.1 Å². The molecule has 0 radical (unpaired) electrons. The van der Waals surface area contributed by atoms with Crippen LogP contribution in [0.3, 0.4) is 0 Å². The van der Waals surface area contributed by atoms with Gasteiger partial charge in [0.15, 0.2) is 10.9 Å². The van der Waals surface area contributed by atoms with Gasteiger partial charge in [0.05, 0.1) is 4.92 Å². The molecule has 1 aliphatic heterocycles. The number of nitrogens with zero attached hydrogens (tertiary/aromatic N) is 2. The molecule has 8 heteroatoms. The Kier molecular flexibility index (Phi) is 4.07. The van der Waals surface area contributed by atoms with Gasteiger partial charge in [-0.3, -0.25) is 10.1 Å². The molecule has 5 nitrogen and oxygen atoms in total. The second kappa shape index (κ2) is 4.92. The summed E-state index contributed by atoms with van der Waals surface area (Å²) in [6.45, 7) is 1.28. The Morgan fingerprint density at radius 3 is 2.47 bits per heavy atom. The summed E-state index contributed by atoms with van der Waals surface area (Å²) in [5.41, 5.74) is -0.309. The molecule has 1 aliphatic rings. The molecule has 0 aliphatic carbocycles. The molecule has 1 N–H and O–H groups in total. The molecule has 84 valence electrons. The van der Waals surface area contributed by atoms with Crippen LogP contribution in [0.15, 0.2) is 21.0 Å². The van der Waals surface area contributed by atoms with Crippen LogP contribution in [0.25, 0.3) is 0 Å². The van der Waals surface area contributed by atoms with Gasteiger partial charge in [-0.2, -0.15) is 0 Å². The minimum atomic E-state index is -0.614. The molecular formula is C7H8Cl3N3O2. The van der Waals surface area contributed by atoms with Gasteiger partial charge in [0.2, 0.25) is 0 Å². The highest BCUT2D eigenvalue weighted by molar-refractivity contribution is 6.59. The van der Waals surface area contributed by atoms with Crippen molar-refractivity contribution in [2.45, 2.75) is 0 Å². The minimum absolute atomic E-state index is 0.264. The molecule has 1 heterocycles. The highest BCUT2D eigenvalue weighted by Gasteiger charge is 2.29. The first-order valence-electron chi connectivity index (χ1n) is 4.00. The van der Waals surface area contributed by atoms with Gasteiger partial charge in [-0.1, -0.05) is 34.8 Å². The number of hydrogen-bond acceptors (Lipinski definition) is 4. The first kappa shape index (κ1) is 12.4. The minimum Gasteiger partial charge on any atom is -0.364 e. The maximum atomic E-state index is 10.8. The summed E-state index contributed by atoms with van der Waals surface area (Å²) >= 11 is 16.5. The lowest BCUT2D eigenvalue weighted by atomic mass is 10.4. The normalized spacial score (nSPS) is 18.5. The standard InChI is InChI=1S/C7H8Cl3N3O2/c1-12-3-2-11-7(12)5(13(14)15)4(8)6(9)10/h11H,2-3H2,1H3. The fraction of sp³-hybridized carbons (Fsp3) is 0.429. The summed E-state index contributed by atoms with van der Waals surface area (Å²) in [6.07, 6.45) is 0. The number of halogens is 3. The Hall–Kier alpha value is -0.650. The van der Waals surface area contributed by atoms with Crippen LogP contribution >= 0.6 is 34.8 Å². The zero-order valence-corrected chi connectivity index (χ0v) is 10.0. The summed E-state index contributed by atoms with van der Waals surface area (Å²) in [5, 5.41) is 13.4. The van der Waals surface area contributed by atoms with Crippen LogP contribution < -0.4 is 5.32 Å². The molecular weight excluding hydrogens is 264 g/mol. The van der Waals surface area contributed by atoms with Crippen LogP contribution in [0, 0.1) is 10.1 Å². The highest BCUT2D eigenvalue weighted by Crippen LogP contribution is 2.28. The highest BCUT2D eigenvalue weighted by atomic mass is 35.5. The lowest BCUT2D eigenvalue weighted by Gasteiger charge is -2.11. The molecule has 15 heavy (non-hydrogen) atoms. The van der Waals surface area contributed by atoms with Crippen LogP contribution in [0.5, 0.6) is 0 Å². The van der Waals surface area contributed by atoms with Gasteiger partial charge >= 0.3 is 5.70 Å². The van der Waals surface area contributed by atoms with Gasteiger partial charge in [-0.05, 0) is 0 Å². The van der Waals surface area contributed by atoms with Crippen molar-refractivity contribution in [2.75, 3.05) is 20.1 Å². The number of likely N-dealkylation sites (N-methyl/N-ethyl adjacent to an activating group) is 1. The Morgan fingerprint density at radius 2 is 2.13 bits per heavy atom. The van der Waals surface area contributed by atoms with Gasteiger partial charge in [-0.15, -0.1) is 0 Å². The van der Waals surface area contributed by atoms with E-state index in [1.807, 2.05) is 0 Å². The monoisotopic (exact) mass is 271 g/mol. The van der Waals surface area contributed by atoms with E-state index >= 15 is 0 Å². The van der Waals surface area contributed by atoms with Crippen molar-refractivity contribution in [3.05, 3.63) is 31.2 Å². The number of nitrogens with one attached hydrogen (secondary N) is 1. The molecule has 0 aromatic rings. The quantitative estimate of drug-likeness (QED) is 0.616. The molecule has 1 fully saturated rings. The second-order valence-corrected chi connectivity index (χ2v) is 4.20. The molecule has 0 amide bonds. The molecule has 0 aromatic heterocycles. The van der Waals surface area contributed by atoms with Crippen LogP contribution in [-0.2, 0) is 0 Å². The summed E-state index contributed by atoms with van der Waals surface area (Å²) in [7, 11) is 1.71. The van der Waals surface area contributed by atoms with Crippen molar-refractivity contribution < 1.29 is 4.92 Å². The van der Waals surface area contributed by atoms with E-state index in [9.17, 15) is 10.1 Å². The fourth-order valence-corrected chi connectivity index (χ4v) is 1.55. The Balaban J connectivity index is 3.24. The van der Waals surface area contributed by atoms with Crippen LogP contribution in [-0.4, -0.2) is 30.0 Å². The second-order valence-electron chi connectivity index (χ2n) is 2.88. The SMILES string of the molecule is CN1CCNC1=C(C(Cl)=C(Cl)Cl)[N+](=O)[O-]. The topological polar surface area (TPSA) is 58.4 Å². The Bertz CT molecular complexity index is 349. The number of hydrogen-bond donors (Lipinski definition) is 1. The maximum absolute atomic E-state index is 10.8. The van der Waals surface area contributed by atoms with Crippen LogP contribution in [0.1, 0.15) is 0 Å². The molecule has 0 spiro atoms. The predicted molar refractivity (Wildman–Crippen MR) is 59.2 cm³/mol. The number of nitro groups is 1. The summed E-state index contributed by atoms with van der Waals surface area (Å²) in [4.78, 5) is 11.9. The lowest BCUT2D eigenvalue weighted by Crippen LogP contribution is -2.20. The molecule has 1 saturated heterocycles. The van der Waals surface area contributed by atoms with Crippen molar-refractivity contribution >= 4 is 34.8 Å². The van der Waals surface area contributed by atoms with E-state index in [4.69, 9.17) is 34.8 Å². The third kappa shape index (κ3) is 2.68. The van der Waals surface area contributed by atoms with Gasteiger partial charge in [0.1, 0.15) is 4.49 Å². The fourth-order valence-electron chi connectivity index (χ4n) is 1.21. The summed E-state index contributed by atoms with van der Waals surface area (Å²) < 4.78 is -0.321. The molecule has 0 atom stereocenters. The summed E-state index contributed by atoms with van der Waals surface area (Å²) in [5.74, 6) is 0.323. The van der Waals surface area contributed by atoms with E-state index in [2.05, 4.69) is 5.32 Å². The van der Waals surface area contributed by atoms with Crippen LogP contribution in [0.4, 0.5) is 0 Å². The van der Waals surface area contributed by atoms with E-state index < -0.39 is 4.92 Å². The largest absolute Gasteiger partial charge is 0.364 e. The van der Waals surface area contributed by atoms with E-state index in [0.717, 1.165) is 0 Å². The van der Waals surface area contributed by atoms with E-state index in [1.165, 1.54) is 0 Å². The van der Waals surface area contributed by atoms with Crippen molar-refractivity contribution in [3.63, 3.8) is 0 Å². The maximum Gasteiger partial charge on any atom is 0.330 e. The average molecular weight is 273 g/mol. The number of rotatable bonds is 2. The zero-order valence-electron chi connectivity index (χ0n) is 7.76. The summed E-state index contributed by atoms with van der Waals surface area (Å²) in [6, 6.07) is 0. The van der Waals surface area contributed by atoms with Crippen LogP contribution in [0.2, 0.25) is 0 Å². The average Bonchev–Trinajstić information content (AvgIpc) is 2.52. The van der Waals surface area contributed by atoms with E-state index in [1.54, 1.807) is 11.9 Å². The van der Waals surface area contributed by atoms with Crippen molar-refractivity contribution in [1.29, 1.82) is 0 Å². The van der Waals surface area contributed by atoms with Gasteiger partial charge in [-0.25, -0.2) is 0 Å². The molecule has 0 unspecified atom stereocenters. The van der Waals surface area contributed by atoms with Crippen molar-refractivity contribution in [2.24, 2.45) is 0 Å². The third-order valence-corrected chi connectivity index (χ3v) is 2.84. The van der Waals surface area contributed by atoms with Crippen molar-refractivity contribution in [3.8, 4) is 0 Å². The molecule has 1 rings (SSSR count). The Labute approximate surface area is 101 Å². The lowest BCUT2D eigenvalue weighted by molar-refractivity contribution is -0.422. The zero-order chi connectivity index (χ0) is 11.6.